The van der Waals surface area contributed by atoms with Gasteiger partial charge < -0.3 is 14.8 Å². The molecule has 5 heteroatoms. The van der Waals surface area contributed by atoms with Gasteiger partial charge in [0.05, 0.1) is 19.0 Å². The number of ether oxygens (including phenoxy) is 2. The maximum absolute atomic E-state index is 13.5. The van der Waals surface area contributed by atoms with Crippen LogP contribution in [0.2, 0.25) is 0 Å². The third-order valence-electron chi connectivity index (χ3n) is 4.24. The molecule has 0 aliphatic rings. The number of pyridine rings is 1. The normalized spacial score (nSPS) is 11.0. The first-order valence-electron chi connectivity index (χ1n) is 8.77. The number of nitrogens with one attached hydrogen (secondary N) is 1. The summed E-state index contributed by atoms with van der Waals surface area (Å²) in [5.41, 5.74) is 0.822. The Morgan fingerprint density at radius 3 is 2.00 bits per heavy atom. The summed E-state index contributed by atoms with van der Waals surface area (Å²) in [6, 6.07) is 22.4. The molecule has 1 amide bonds. The highest BCUT2D eigenvalue weighted by atomic mass is 16.5. The van der Waals surface area contributed by atoms with Crippen LogP contribution < -0.4 is 10.1 Å². The van der Waals surface area contributed by atoms with Gasteiger partial charge in [0, 0.05) is 12.7 Å². The lowest BCUT2D eigenvalue weighted by molar-refractivity contribution is -0.136. The summed E-state index contributed by atoms with van der Waals surface area (Å²) in [5, 5.41) is 2.93. The van der Waals surface area contributed by atoms with E-state index in [1.165, 1.54) is 0 Å². The Labute approximate surface area is 159 Å². The molecule has 0 spiro atoms. The summed E-state index contributed by atoms with van der Waals surface area (Å²) in [6.07, 6.45) is 1.56. The molecular formula is C22H22N2O3. The van der Waals surface area contributed by atoms with E-state index in [-0.39, 0.29) is 5.91 Å². The van der Waals surface area contributed by atoms with Crippen LogP contribution in [0.15, 0.2) is 79.0 Å². The van der Waals surface area contributed by atoms with Crippen molar-refractivity contribution in [2.75, 3.05) is 19.0 Å². The van der Waals surface area contributed by atoms with Crippen molar-refractivity contribution in [1.82, 2.24) is 4.98 Å². The van der Waals surface area contributed by atoms with Gasteiger partial charge in [0.2, 0.25) is 5.88 Å². The lowest BCUT2D eigenvalue weighted by Gasteiger charge is -2.33. The largest absolute Gasteiger partial charge is 0.481 e. The second-order valence-electron chi connectivity index (χ2n) is 5.89. The van der Waals surface area contributed by atoms with Gasteiger partial charge in [0.25, 0.3) is 5.91 Å². The molecule has 27 heavy (non-hydrogen) atoms. The molecule has 0 bridgehead atoms. The highest BCUT2D eigenvalue weighted by molar-refractivity contribution is 6.00. The van der Waals surface area contributed by atoms with Gasteiger partial charge in [-0.3, -0.25) is 4.79 Å². The number of rotatable bonds is 7. The zero-order valence-electron chi connectivity index (χ0n) is 15.4. The van der Waals surface area contributed by atoms with E-state index in [1.807, 2.05) is 67.6 Å². The van der Waals surface area contributed by atoms with E-state index in [9.17, 15) is 4.79 Å². The number of benzene rings is 2. The summed E-state index contributed by atoms with van der Waals surface area (Å²) in [6.45, 7) is 2.25. The highest BCUT2D eigenvalue weighted by Crippen LogP contribution is 2.35. The SMILES string of the molecule is CCOC(C(=O)Nc1ccc(OC)nc1)(c1ccccc1)c1ccccc1. The summed E-state index contributed by atoms with van der Waals surface area (Å²) in [4.78, 5) is 17.6. The molecule has 1 aromatic heterocycles. The van der Waals surface area contributed by atoms with E-state index in [1.54, 1.807) is 25.4 Å². The number of carbonyl (C=O) groups is 1. The van der Waals surface area contributed by atoms with Crippen LogP contribution in [-0.2, 0) is 15.1 Å². The van der Waals surface area contributed by atoms with Crippen LogP contribution in [0.3, 0.4) is 0 Å². The van der Waals surface area contributed by atoms with Gasteiger partial charge in [-0.1, -0.05) is 60.7 Å². The number of hydrogen-bond acceptors (Lipinski definition) is 4. The van der Waals surface area contributed by atoms with Gasteiger partial charge in [-0.05, 0) is 24.1 Å². The third-order valence-corrected chi connectivity index (χ3v) is 4.24. The van der Waals surface area contributed by atoms with E-state index < -0.39 is 5.60 Å². The average molecular weight is 362 g/mol. The third kappa shape index (κ3) is 3.83. The molecule has 2 aromatic carbocycles. The van der Waals surface area contributed by atoms with Crippen molar-refractivity contribution in [3.63, 3.8) is 0 Å². The number of anilines is 1. The van der Waals surface area contributed by atoms with Crippen molar-refractivity contribution in [1.29, 1.82) is 0 Å². The number of aromatic nitrogens is 1. The minimum absolute atomic E-state index is 0.284. The van der Waals surface area contributed by atoms with E-state index >= 15 is 0 Å². The quantitative estimate of drug-likeness (QED) is 0.690. The molecule has 0 saturated carbocycles. The van der Waals surface area contributed by atoms with Gasteiger partial charge in [0.15, 0.2) is 5.60 Å². The molecule has 3 rings (SSSR count). The minimum atomic E-state index is -1.27. The van der Waals surface area contributed by atoms with Crippen molar-refractivity contribution < 1.29 is 14.3 Å². The number of methoxy groups -OCH3 is 1. The zero-order chi connectivity index (χ0) is 19.1. The van der Waals surface area contributed by atoms with Gasteiger partial charge in [-0.15, -0.1) is 0 Å². The van der Waals surface area contributed by atoms with Crippen LogP contribution >= 0.6 is 0 Å². The van der Waals surface area contributed by atoms with Crippen LogP contribution in [0.25, 0.3) is 0 Å². The summed E-state index contributed by atoms with van der Waals surface area (Å²) in [5.74, 6) is 0.198. The highest BCUT2D eigenvalue weighted by Gasteiger charge is 2.43. The Bertz CT molecular complexity index is 826. The van der Waals surface area contributed by atoms with Crippen molar-refractivity contribution in [2.24, 2.45) is 0 Å². The van der Waals surface area contributed by atoms with Crippen molar-refractivity contribution in [3.05, 3.63) is 90.1 Å². The predicted molar refractivity (Wildman–Crippen MR) is 105 cm³/mol. The van der Waals surface area contributed by atoms with Crippen molar-refractivity contribution in [3.8, 4) is 5.88 Å². The fraction of sp³-hybridized carbons (Fsp3) is 0.182. The summed E-state index contributed by atoms with van der Waals surface area (Å²) in [7, 11) is 1.55. The molecular weight excluding hydrogens is 340 g/mol. The van der Waals surface area contributed by atoms with Crippen LogP contribution in [0.5, 0.6) is 5.88 Å². The van der Waals surface area contributed by atoms with E-state index in [2.05, 4.69) is 10.3 Å². The van der Waals surface area contributed by atoms with Crippen LogP contribution in [0, 0.1) is 0 Å². The summed E-state index contributed by atoms with van der Waals surface area (Å²) >= 11 is 0. The van der Waals surface area contributed by atoms with Gasteiger partial charge >= 0.3 is 0 Å². The standard InChI is InChI=1S/C22H22N2O3/c1-3-27-22(17-10-6-4-7-11-17,18-12-8-5-9-13-18)21(25)24-19-14-15-20(26-2)23-16-19/h4-16H,3H2,1-2H3,(H,24,25). The van der Waals surface area contributed by atoms with Crippen molar-refractivity contribution in [2.45, 2.75) is 12.5 Å². The van der Waals surface area contributed by atoms with Crippen LogP contribution in [-0.4, -0.2) is 24.6 Å². The molecule has 0 unspecified atom stereocenters. The maximum atomic E-state index is 13.5. The van der Waals surface area contributed by atoms with Gasteiger partial charge in [-0.2, -0.15) is 0 Å². The molecule has 0 aliphatic heterocycles. The molecule has 138 valence electrons. The first kappa shape index (κ1) is 18.6. The monoisotopic (exact) mass is 362 g/mol. The minimum Gasteiger partial charge on any atom is -0.481 e. The molecule has 0 fully saturated rings. The Balaban J connectivity index is 2.06. The molecule has 0 radical (unpaired) electrons. The number of nitrogens with zero attached hydrogens (tertiary/aromatic N) is 1. The predicted octanol–water partition coefficient (Wildman–Crippen LogP) is 4.01. The smallest absolute Gasteiger partial charge is 0.266 e. The Hall–Kier alpha value is -3.18. The number of hydrogen-bond donors (Lipinski definition) is 1. The second-order valence-corrected chi connectivity index (χ2v) is 5.89. The lowest BCUT2D eigenvalue weighted by atomic mass is 9.85. The molecule has 1 heterocycles. The number of amides is 1. The van der Waals surface area contributed by atoms with Crippen LogP contribution in [0.4, 0.5) is 5.69 Å². The topological polar surface area (TPSA) is 60.5 Å². The second kappa shape index (κ2) is 8.47. The fourth-order valence-electron chi connectivity index (χ4n) is 3.02. The molecule has 0 aliphatic carbocycles. The first-order valence-corrected chi connectivity index (χ1v) is 8.77. The van der Waals surface area contributed by atoms with Crippen molar-refractivity contribution >= 4 is 11.6 Å². The van der Waals surface area contributed by atoms with E-state index in [0.717, 1.165) is 11.1 Å². The lowest BCUT2D eigenvalue weighted by Crippen LogP contribution is -2.44. The summed E-state index contributed by atoms with van der Waals surface area (Å²) < 4.78 is 11.2. The molecule has 1 N–H and O–H groups in total. The molecule has 0 saturated heterocycles. The van der Waals surface area contributed by atoms with Gasteiger partial charge in [0.1, 0.15) is 0 Å². The molecule has 5 nitrogen and oxygen atoms in total. The van der Waals surface area contributed by atoms with Crippen LogP contribution in [0.1, 0.15) is 18.1 Å². The molecule has 0 atom stereocenters. The van der Waals surface area contributed by atoms with Gasteiger partial charge in [-0.25, -0.2) is 4.98 Å². The first-order chi connectivity index (χ1) is 13.2. The average Bonchev–Trinajstić information content (AvgIpc) is 2.74. The van der Waals surface area contributed by atoms with E-state index in [4.69, 9.17) is 9.47 Å². The Morgan fingerprint density at radius 2 is 1.56 bits per heavy atom. The fourth-order valence-corrected chi connectivity index (χ4v) is 3.02. The Morgan fingerprint density at radius 1 is 0.963 bits per heavy atom. The Kier molecular flexibility index (Phi) is 5.84. The zero-order valence-corrected chi connectivity index (χ0v) is 15.4. The number of carbonyl (C=O) groups excluding carboxylic acids is 1. The van der Waals surface area contributed by atoms with E-state index in [0.29, 0.717) is 18.2 Å². The maximum Gasteiger partial charge on any atom is 0.266 e. The molecule has 3 aromatic rings.